The Morgan fingerprint density at radius 2 is 1.92 bits per heavy atom. The van der Waals surface area contributed by atoms with Crippen LogP contribution in [0.3, 0.4) is 0 Å². The van der Waals surface area contributed by atoms with Gasteiger partial charge in [-0.25, -0.2) is 0 Å². The van der Waals surface area contributed by atoms with Crippen LogP contribution >= 0.6 is 0 Å². The van der Waals surface area contributed by atoms with Crippen molar-refractivity contribution in [1.29, 1.82) is 0 Å². The Hall–Kier alpha value is -2.38. The van der Waals surface area contributed by atoms with Crippen molar-refractivity contribution in [2.45, 2.75) is 44.4 Å². The summed E-state index contributed by atoms with van der Waals surface area (Å²) >= 11 is 0. The second-order valence-corrected chi connectivity index (χ2v) is 6.04. The predicted molar refractivity (Wildman–Crippen MR) is 80.4 cm³/mol. The smallest absolute Gasteiger partial charge is 0.383 e. The topological polar surface area (TPSA) is 75.8 Å². The van der Waals surface area contributed by atoms with Gasteiger partial charge >= 0.3 is 12.1 Å². The summed E-state index contributed by atoms with van der Waals surface area (Å²) in [6.45, 7) is 0.498. The summed E-state index contributed by atoms with van der Waals surface area (Å²) in [5, 5.41) is 0. The quantitative estimate of drug-likeness (QED) is 0.664. The van der Waals surface area contributed by atoms with Crippen LogP contribution in [0.25, 0.3) is 0 Å². The third kappa shape index (κ3) is 3.00. The molecule has 24 heavy (non-hydrogen) atoms. The molecule has 1 aliphatic heterocycles. The first kappa shape index (κ1) is 16.5. The number of fused-ring (bicyclic) bond motifs is 1. The zero-order chi connectivity index (χ0) is 17.5. The summed E-state index contributed by atoms with van der Waals surface area (Å²) in [5.41, 5.74) is 6.85. The lowest BCUT2D eigenvalue weighted by molar-refractivity contribution is -0.169. The molecule has 0 bridgehead atoms. The molecular formula is C16H16F3N3O2. The van der Waals surface area contributed by atoms with Crippen molar-refractivity contribution in [1.82, 2.24) is 4.90 Å². The summed E-state index contributed by atoms with van der Waals surface area (Å²) in [5.74, 6) is -2.96. The van der Waals surface area contributed by atoms with Gasteiger partial charge in [0.15, 0.2) is 0 Å². The van der Waals surface area contributed by atoms with E-state index in [1.54, 1.807) is 11.0 Å². The number of amides is 2. The fourth-order valence-electron chi connectivity index (χ4n) is 3.23. The maximum atomic E-state index is 12.5. The van der Waals surface area contributed by atoms with Gasteiger partial charge in [0.05, 0.1) is 0 Å². The fraction of sp³-hybridized carbons (Fsp3) is 0.438. The van der Waals surface area contributed by atoms with Gasteiger partial charge in [-0.1, -0.05) is 25.0 Å². The summed E-state index contributed by atoms with van der Waals surface area (Å²) in [6.07, 6.45) is -0.951. The minimum atomic E-state index is -5.07. The van der Waals surface area contributed by atoms with Crippen molar-refractivity contribution in [2.75, 3.05) is 0 Å². The van der Waals surface area contributed by atoms with Crippen molar-refractivity contribution in [2.24, 2.45) is 10.7 Å². The van der Waals surface area contributed by atoms with Gasteiger partial charge in [0.2, 0.25) is 0 Å². The Balaban J connectivity index is 1.85. The number of hydrogen-bond acceptors (Lipinski definition) is 2. The van der Waals surface area contributed by atoms with E-state index in [0.717, 1.165) is 31.2 Å². The number of hydrogen-bond donors (Lipinski definition) is 1. The third-order valence-electron chi connectivity index (χ3n) is 4.47. The monoisotopic (exact) mass is 339 g/mol. The highest BCUT2D eigenvalue weighted by molar-refractivity contribution is 6.07. The molecule has 1 heterocycles. The molecule has 1 aromatic rings. The van der Waals surface area contributed by atoms with Crippen LogP contribution in [0.1, 0.15) is 47.2 Å². The van der Waals surface area contributed by atoms with Crippen molar-refractivity contribution in [3.05, 3.63) is 34.9 Å². The van der Waals surface area contributed by atoms with E-state index in [1.807, 2.05) is 0 Å². The molecule has 128 valence electrons. The van der Waals surface area contributed by atoms with E-state index < -0.39 is 17.9 Å². The van der Waals surface area contributed by atoms with Crippen LogP contribution in [0.15, 0.2) is 23.2 Å². The van der Waals surface area contributed by atoms with Gasteiger partial charge in [-0.3, -0.25) is 9.59 Å². The Labute approximate surface area is 136 Å². The lowest BCUT2D eigenvalue weighted by Crippen LogP contribution is -2.33. The highest BCUT2D eigenvalue weighted by atomic mass is 19.4. The van der Waals surface area contributed by atoms with Crippen molar-refractivity contribution < 1.29 is 22.8 Å². The van der Waals surface area contributed by atoms with E-state index in [2.05, 4.69) is 4.99 Å². The molecule has 1 fully saturated rings. The molecule has 3 rings (SSSR count). The molecule has 5 nitrogen and oxygen atoms in total. The second-order valence-electron chi connectivity index (χ2n) is 6.04. The first-order valence-electron chi connectivity index (χ1n) is 7.67. The highest BCUT2D eigenvalue weighted by Crippen LogP contribution is 2.32. The van der Waals surface area contributed by atoms with Crippen LogP contribution in [0, 0.1) is 0 Å². The van der Waals surface area contributed by atoms with E-state index >= 15 is 0 Å². The lowest BCUT2D eigenvalue weighted by Gasteiger charge is -2.23. The molecule has 0 radical (unpaired) electrons. The van der Waals surface area contributed by atoms with Crippen LogP contribution in [0.5, 0.6) is 0 Å². The molecule has 2 N–H and O–H groups in total. The first-order valence-corrected chi connectivity index (χ1v) is 7.67. The largest absolute Gasteiger partial charge is 0.473 e. The van der Waals surface area contributed by atoms with E-state index in [-0.39, 0.29) is 17.5 Å². The second kappa shape index (κ2) is 5.92. The molecule has 8 heteroatoms. The minimum absolute atomic E-state index is 0.132. The van der Waals surface area contributed by atoms with Gasteiger partial charge < -0.3 is 10.6 Å². The van der Waals surface area contributed by atoms with Crippen LogP contribution in [0.4, 0.5) is 13.2 Å². The molecular weight excluding hydrogens is 323 g/mol. The van der Waals surface area contributed by atoms with Gasteiger partial charge in [-0.2, -0.15) is 18.2 Å². The lowest BCUT2D eigenvalue weighted by atomic mass is 10.1. The maximum absolute atomic E-state index is 12.5. The van der Waals surface area contributed by atoms with Crippen LogP contribution in [-0.4, -0.2) is 34.8 Å². The number of benzene rings is 1. The number of carbonyl (C=O) groups excluding carboxylic acids is 2. The SMILES string of the molecule is NC(=NC(=O)C(F)(F)F)c1ccc2c(c1)C(=O)N(C1CCCC1)C2. The Kier molecular flexibility index (Phi) is 4.06. The number of amidine groups is 1. The van der Waals surface area contributed by atoms with Gasteiger partial charge in [0, 0.05) is 23.7 Å². The van der Waals surface area contributed by atoms with Crippen LogP contribution < -0.4 is 5.73 Å². The van der Waals surface area contributed by atoms with Crippen LogP contribution in [-0.2, 0) is 11.3 Å². The maximum Gasteiger partial charge on any atom is 0.473 e. The molecule has 1 aliphatic carbocycles. The zero-order valence-electron chi connectivity index (χ0n) is 12.8. The summed E-state index contributed by atoms with van der Waals surface area (Å²) in [6, 6.07) is 4.76. The summed E-state index contributed by atoms with van der Waals surface area (Å²) < 4.78 is 36.8. The van der Waals surface area contributed by atoms with E-state index in [1.165, 1.54) is 12.1 Å². The van der Waals surface area contributed by atoms with Crippen molar-refractivity contribution in [3.63, 3.8) is 0 Å². The zero-order valence-corrected chi connectivity index (χ0v) is 12.8. The fourth-order valence-corrected chi connectivity index (χ4v) is 3.23. The minimum Gasteiger partial charge on any atom is -0.383 e. The first-order chi connectivity index (χ1) is 11.3. The Morgan fingerprint density at radius 3 is 2.54 bits per heavy atom. The van der Waals surface area contributed by atoms with Crippen molar-refractivity contribution >= 4 is 17.6 Å². The Morgan fingerprint density at radius 1 is 1.25 bits per heavy atom. The highest BCUT2D eigenvalue weighted by Gasteiger charge is 2.39. The van der Waals surface area contributed by atoms with E-state index in [9.17, 15) is 22.8 Å². The molecule has 0 aromatic heterocycles. The number of rotatable bonds is 2. The molecule has 0 atom stereocenters. The number of halogens is 3. The van der Waals surface area contributed by atoms with E-state index in [4.69, 9.17) is 5.73 Å². The third-order valence-corrected chi connectivity index (χ3v) is 4.47. The molecule has 2 aliphatic rings. The number of nitrogens with zero attached hydrogens (tertiary/aromatic N) is 2. The molecule has 1 aromatic carbocycles. The average molecular weight is 339 g/mol. The summed E-state index contributed by atoms with van der Waals surface area (Å²) in [7, 11) is 0. The number of aliphatic imine (C=N–C) groups is 1. The molecule has 0 spiro atoms. The number of nitrogens with two attached hydrogens (primary N) is 1. The van der Waals surface area contributed by atoms with Gasteiger partial charge in [-0.15, -0.1) is 0 Å². The molecule has 0 saturated heterocycles. The Bertz CT molecular complexity index is 722. The van der Waals surface area contributed by atoms with Crippen LogP contribution in [0.2, 0.25) is 0 Å². The number of alkyl halides is 3. The predicted octanol–water partition coefficient (Wildman–Crippen LogP) is 2.38. The van der Waals surface area contributed by atoms with Gasteiger partial charge in [0.1, 0.15) is 5.84 Å². The van der Waals surface area contributed by atoms with Gasteiger partial charge in [0.25, 0.3) is 5.91 Å². The average Bonchev–Trinajstić information content (AvgIpc) is 3.14. The summed E-state index contributed by atoms with van der Waals surface area (Å²) in [4.78, 5) is 28.1. The standard InChI is InChI=1S/C16H16F3N3O2/c17-16(18,19)15(24)21-13(20)9-5-6-10-8-22(11-3-1-2-4-11)14(23)12(10)7-9/h5-7,11H,1-4,8H2,(H2,20,21,24). The van der Waals surface area contributed by atoms with E-state index in [0.29, 0.717) is 12.1 Å². The molecule has 0 unspecified atom stereocenters. The molecule has 1 saturated carbocycles. The normalized spacial score (nSPS) is 19.0. The van der Waals surface area contributed by atoms with Crippen molar-refractivity contribution in [3.8, 4) is 0 Å². The molecule has 2 amide bonds. The van der Waals surface area contributed by atoms with Gasteiger partial charge in [-0.05, 0) is 24.5 Å². The number of carbonyl (C=O) groups is 2.